The van der Waals surface area contributed by atoms with Gasteiger partial charge in [-0.25, -0.2) is 0 Å². The average Bonchev–Trinajstić information content (AvgIpc) is 3.09. The number of carbonyl (C=O) groups excluding carboxylic acids is 1. The molecule has 5 nitrogen and oxygen atoms in total. The molecule has 0 fully saturated rings. The molecule has 1 heterocycles. The van der Waals surface area contributed by atoms with Crippen LogP contribution in [0, 0.1) is 0 Å². The van der Waals surface area contributed by atoms with Crippen LogP contribution in [0.3, 0.4) is 0 Å². The second-order valence-electron chi connectivity index (χ2n) is 7.41. The monoisotopic (exact) mass is 345 g/mol. The zero-order valence-electron chi connectivity index (χ0n) is 15.5. The van der Waals surface area contributed by atoms with Crippen molar-refractivity contribution in [2.24, 2.45) is 0 Å². The minimum absolute atomic E-state index is 0.00354. The summed E-state index contributed by atoms with van der Waals surface area (Å²) in [5.41, 5.74) is 1.37. The zero-order valence-corrected chi connectivity index (χ0v) is 15.5. The van der Waals surface area contributed by atoms with E-state index in [-0.39, 0.29) is 17.5 Å². The van der Waals surface area contributed by atoms with E-state index in [9.17, 15) is 4.79 Å². The minimum Gasteiger partial charge on any atom is -0.463 e. The lowest BCUT2D eigenvalue weighted by molar-refractivity contribution is -0.717. The topological polar surface area (TPSA) is 75.5 Å². The van der Waals surface area contributed by atoms with Crippen molar-refractivity contribution in [1.29, 1.82) is 0 Å². The molecule has 0 aliphatic rings. The number of nitrogens with one attached hydrogen (secondary N) is 1. The molecule has 0 aliphatic carbocycles. The Hall–Kier alpha value is -2.11. The van der Waals surface area contributed by atoms with Crippen molar-refractivity contribution >= 4 is 5.91 Å². The molecule has 2 rings (SSSR count). The molecule has 0 radical (unpaired) electrons. The Morgan fingerprint density at radius 3 is 2.56 bits per heavy atom. The largest absolute Gasteiger partial charge is 0.463 e. The quantitative estimate of drug-likeness (QED) is 0.588. The summed E-state index contributed by atoms with van der Waals surface area (Å²) >= 11 is 0. The summed E-state index contributed by atoms with van der Waals surface area (Å²) in [6.07, 6.45) is 2.65. The molecular weight excluding hydrogens is 314 g/mol. The third-order valence-electron chi connectivity index (χ3n) is 4.01. The zero-order chi connectivity index (χ0) is 18.1. The van der Waals surface area contributed by atoms with Crippen LogP contribution in [0.5, 0.6) is 0 Å². The first-order valence-corrected chi connectivity index (χ1v) is 8.98. The second-order valence-corrected chi connectivity index (χ2v) is 7.41. The minimum atomic E-state index is -0.00354. The van der Waals surface area contributed by atoms with Crippen molar-refractivity contribution in [2.75, 3.05) is 19.6 Å². The van der Waals surface area contributed by atoms with Gasteiger partial charge in [-0.1, -0.05) is 30.3 Å². The van der Waals surface area contributed by atoms with Gasteiger partial charge in [-0.15, -0.1) is 0 Å². The molecule has 136 valence electrons. The molecule has 0 bridgehead atoms. The molecule has 1 aromatic carbocycles. The van der Waals surface area contributed by atoms with Crippen LogP contribution in [0.15, 0.2) is 53.1 Å². The highest BCUT2D eigenvalue weighted by molar-refractivity contribution is 5.76. The van der Waals surface area contributed by atoms with Gasteiger partial charge in [-0.05, 0) is 32.9 Å². The molecule has 5 N–H and O–H groups in total. The Bertz CT molecular complexity index is 618. The van der Waals surface area contributed by atoms with Gasteiger partial charge >= 0.3 is 0 Å². The fourth-order valence-corrected chi connectivity index (χ4v) is 2.71. The summed E-state index contributed by atoms with van der Waals surface area (Å²) in [6.45, 7) is 8.70. The molecule has 1 amide bonds. The van der Waals surface area contributed by atoms with Gasteiger partial charge < -0.3 is 20.4 Å². The molecule has 2 aromatic rings. The third-order valence-corrected chi connectivity index (χ3v) is 4.01. The number of furan rings is 1. The van der Waals surface area contributed by atoms with Crippen molar-refractivity contribution in [1.82, 2.24) is 5.32 Å². The van der Waals surface area contributed by atoms with Crippen LogP contribution in [0.25, 0.3) is 0 Å². The van der Waals surface area contributed by atoms with Gasteiger partial charge in [0.1, 0.15) is 0 Å². The summed E-state index contributed by atoms with van der Waals surface area (Å²) in [6, 6.07) is 13.9. The second kappa shape index (κ2) is 9.39. The van der Waals surface area contributed by atoms with Crippen LogP contribution in [0.4, 0.5) is 0 Å². The number of hydrogen-bond donors (Lipinski definition) is 3. The van der Waals surface area contributed by atoms with Gasteiger partial charge in [0.15, 0.2) is 18.3 Å². The van der Waals surface area contributed by atoms with Crippen molar-refractivity contribution in [3.8, 4) is 0 Å². The van der Waals surface area contributed by atoms with E-state index in [0.717, 1.165) is 30.8 Å². The van der Waals surface area contributed by atoms with Crippen LogP contribution in [-0.2, 0) is 4.79 Å². The molecule has 5 heteroatoms. The molecule has 0 spiro atoms. The first kappa shape index (κ1) is 19.2. The number of rotatable bonds is 9. The van der Waals surface area contributed by atoms with Crippen molar-refractivity contribution in [3.05, 3.63) is 60.1 Å². The van der Waals surface area contributed by atoms with Crippen LogP contribution < -0.4 is 16.0 Å². The standard InChI is InChI=1S/C20H29N3O2/c1-20(2,3)23-13-8-12-21-18(24)15-22-19(17-11-7-14-25-17)16-9-5-4-6-10-16/h4-7,9-11,14,19,22-23H,8,12-13,15H2,1-3H3,(H,21,24)/p+2/t19-/m0/s1. The fourth-order valence-electron chi connectivity index (χ4n) is 2.71. The number of hydrogen-bond acceptors (Lipinski definition) is 2. The molecule has 0 saturated carbocycles. The maximum atomic E-state index is 12.1. The van der Waals surface area contributed by atoms with Crippen LogP contribution in [0.1, 0.15) is 44.6 Å². The third kappa shape index (κ3) is 7.11. The van der Waals surface area contributed by atoms with E-state index in [0.29, 0.717) is 6.54 Å². The molecular formula is C20H31N3O2+2. The van der Waals surface area contributed by atoms with E-state index in [2.05, 4.69) is 43.5 Å². The van der Waals surface area contributed by atoms with E-state index in [1.165, 1.54) is 0 Å². The van der Waals surface area contributed by atoms with Crippen molar-refractivity contribution in [3.63, 3.8) is 0 Å². The first-order chi connectivity index (χ1) is 12.0. The van der Waals surface area contributed by atoms with E-state index in [4.69, 9.17) is 4.42 Å². The predicted molar refractivity (Wildman–Crippen MR) is 98.0 cm³/mol. The predicted octanol–water partition coefficient (Wildman–Crippen LogP) is 0.801. The number of benzene rings is 1. The highest BCUT2D eigenvalue weighted by atomic mass is 16.3. The lowest BCUT2D eigenvalue weighted by Crippen LogP contribution is -2.94. The maximum Gasteiger partial charge on any atom is 0.275 e. The Labute approximate surface area is 150 Å². The van der Waals surface area contributed by atoms with Gasteiger partial charge in [-0.3, -0.25) is 4.79 Å². The summed E-state index contributed by atoms with van der Waals surface area (Å²) in [5, 5.41) is 7.32. The number of amides is 1. The van der Waals surface area contributed by atoms with Gasteiger partial charge in [-0.2, -0.15) is 0 Å². The summed E-state index contributed by atoms with van der Waals surface area (Å²) in [4.78, 5) is 12.1. The lowest BCUT2D eigenvalue weighted by atomic mass is 10.0. The number of nitrogens with two attached hydrogens (primary N) is 2. The molecule has 25 heavy (non-hydrogen) atoms. The Morgan fingerprint density at radius 2 is 1.92 bits per heavy atom. The normalized spacial score (nSPS) is 12.8. The Morgan fingerprint density at radius 1 is 1.16 bits per heavy atom. The van der Waals surface area contributed by atoms with E-state index in [1.54, 1.807) is 6.26 Å². The maximum absolute atomic E-state index is 12.1. The van der Waals surface area contributed by atoms with E-state index in [1.807, 2.05) is 35.6 Å². The van der Waals surface area contributed by atoms with Crippen molar-refractivity contribution < 1.29 is 19.8 Å². The van der Waals surface area contributed by atoms with Crippen LogP contribution in [0.2, 0.25) is 0 Å². The lowest BCUT2D eigenvalue weighted by Gasteiger charge is -2.17. The summed E-state index contributed by atoms with van der Waals surface area (Å²) < 4.78 is 5.56. The number of quaternary nitrogens is 2. The van der Waals surface area contributed by atoms with Gasteiger partial charge in [0.2, 0.25) is 0 Å². The fraction of sp³-hybridized carbons (Fsp3) is 0.450. The number of carbonyl (C=O) groups is 1. The smallest absolute Gasteiger partial charge is 0.275 e. The van der Waals surface area contributed by atoms with E-state index >= 15 is 0 Å². The SMILES string of the molecule is CC(C)(C)[NH2+]CCCNC(=O)C[NH2+][C@@H](c1ccccc1)c1ccco1. The molecule has 0 aliphatic heterocycles. The molecule has 1 aromatic heterocycles. The van der Waals surface area contributed by atoms with E-state index < -0.39 is 0 Å². The summed E-state index contributed by atoms with van der Waals surface area (Å²) in [7, 11) is 0. The molecule has 0 unspecified atom stereocenters. The van der Waals surface area contributed by atoms with Crippen LogP contribution >= 0.6 is 0 Å². The van der Waals surface area contributed by atoms with Gasteiger partial charge in [0.25, 0.3) is 5.91 Å². The Balaban J connectivity index is 1.78. The highest BCUT2D eigenvalue weighted by Gasteiger charge is 2.21. The van der Waals surface area contributed by atoms with Gasteiger partial charge in [0, 0.05) is 18.5 Å². The highest BCUT2D eigenvalue weighted by Crippen LogP contribution is 2.18. The Kier molecular flexibility index (Phi) is 7.22. The van der Waals surface area contributed by atoms with Crippen molar-refractivity contribution in [2.45, 2.75) is 38.8 Å². The average molecular weight is 345 g/mol. The molecule has 0 saturated heterocycles. The summed E-state index contributed by atoms with van der Waals surface area (Å²) in [5.74, 6) is 0.919. The molecule has 1 atom stereocenters. The first-order valence-electron chi connectivity index (χ1n) is 8.98. The van der Waals surface area contributed by atoms with Crippen LogP contribution in [-0.4, -0.2) is 31.1 Å². The van der Waals surface area contributed by atoms with Gasteiger partial charge in [0.05, 0.1) is 18.3 Å².